The number of halogens is 4. The topological polar surface area (TPSA) is 29.0 Å². The van der Waals surface area contributed by atoms with E-state index < -0.39 is 12.0 Å². The third-order valence-corrected chi connectivity index (χ3v) is 3.07. The van der Waals surface area contributed by atoms with Gasteiger partial charge in [0, 0.05) is 18.8 Å². The Bertz CT molecular complexity index is 651. The Labute approximate surface area is 125 Å². The summed E-state index contributed by atoms with van der Waals surface area (Å²) < 4.78 is 38.2. The van der Waals surface area contributed by atoms with Crippen LogP contribution >= 0.6 is 11.6 Å². The van der Waals surface area contributed by atoms with E-state index in [1.54, 1.807) is 11.9 Å². The maximum Gasteiger partial charge on any atom is 0.451 e. The molecule has 2 rings (SSSR count). The predicted octanol–water partition coefficient (Wildman–Crippen LogP) is 4.53. The van der Waals surface area contributed by atoms with Crippen LogP contribution in [0.15, 0.2) is 24.3 Å². The van der Waals surface area contributed by atoms with Gasteiger partial charge in [-0.1, -0.05) is 17.7 Å². The van der Waals surface area contributed by atoms with Crippen LogP contribution in [0.4, 0.5) is 24.7 Å². The first-order valence-electron chi connectivity index (χ1n) is 6.10. The third-order valence-electron chi connectivity index (χ3n) is 2.87. The molecule has 0 atom stereocenters. The molecule has 1 aromatic carbocycles. The molecule has 21 heavy (non-hydrogen) atoms. The van der Waals surface area contributed by atoms with E-state index in [0.29, 0.717) is 0 Å². The Morgan fingerprint density at radius 2 is 1.57 bits per heavy atom. The van der Waals surface area contributed by atoms with E-state index in [2.05, 4.69) is 9.97 Å². The van der Waals surface area contributed by atoms with Crippen molar-refractivity contribution in [3.63, 3.8) is 0 Å². The van der Waals surface area contributed by atoms with Crippen molar-refractivity contribution in [2.24, 2.45) is 0 Å². The van der Waals surface area contributed by atoms with Crippen LogP contribution in [-0.2, 0) is 6.18 Å². The van der Waals surface area contributed by atoms with E-state index in [4.69, 9.17) is 11.6 Å². The molecule has 0 saturated heterocycles. The Morgan fingerprint density at radius 1 is 1.00 bits per heavy atom. The Balaban J connectivity index is 2.48. The van der Waals surface area contributed by atoms with E-state index in [0.717, 1.165) is 16.8 Å². The maximum atomic E-state index is 12.7. The molecule has 0 fully saturated rings. The summed E-state index contributed by atoms with van der Waals surface area (Å²) in [5, 5.41) is -0.247. The molecule has 0 bridgehead atoms. The van der Waals surface area contributed by atoms with Crippen LogP contribution in [0.25, 0.3) is 0 Å². The zero-order chi connectivity index (χ0) is 15.8. The van der Waals surface area contributed by atoms with Crippen molar-refractivity contribution >= 4 is 23.1 Å². The molecule has 0 aliphatic carbocycles. The highest BCUT2D eigenvalue weighted by Crippen LogP contribution is 2.31. The second-order valence-corrected chi connectivity index (χ2v) is 5.16. The van der Waals surface area contributed by atoms with Gasteiger partial charge >= 0.3 is 6.18 Å². The van der Waals surface area contributed by atoms with Crippen LogP contribution in [0.1, 0.15) is 17.0 Å². The Morgan fingerprint density at radius 3 is 2.10 bits per heavy atom. The number of nitrogens with zero attached hydrogens (tertiary/aromatic N) is 3. The standard InChI is InChI=1S/C14H13ClF3N3/c1-8-4-9(2)6-10(5-8)21(3)12-7-11(15)19-13(20-12)14(16,17)18/h4-7H,1-3H3. The number of anilines is 2. The predicted molar refractivity (Wildman–Crippen MR) is 76.0 cm³/mol. The van der Waals surface area contributed by atoms with Gasteiger partial charge in [0.2, 0.25) is 5.82 Å². The lowest BCUT2D eigenvalue weighted by atomic mass is 10.1. The van der Waals surface area contributed by atoms with E-state index in [-0.39, 0.29) is 11.0 Å². The molecule has 0 N–H and O–H groups in total. The smallest absolute Gasteiger partial charge is 0.329 e. The zero-order valence-corrected chi connectivity index (χ0v) is 12.4. The summed E-state index contributed by atoms with van der Waals surface area (Å²) in [6.45, 7) is 3.83. The van der Waals surface area contributed by atoms with Gasteiger partial charge in [0.05, 0.1) is 0 Å². The molecule has 0 saturated carbocycles. The number of hydrogen-bond donors (Lipinski definition) is 0. The van der Waals surface area contributed by atoms with Crippen molar-refractivity contribution in [1.29, 1.82) is 0 Å². The number of rotatable bonds is 2. The van der Waals surface area contributed by atoms with E-state index >= 15 is 0 Å². The molecule has 0 amide bonds. The van der Waals surface area contributed by atoms with Crippen molar-refractivity contribution in [2.75, 3.05) is 11.9 Å². The van der Waals surface area contributed by atoms with Crippen molar-refractivity contribution in [2.45, 2.75) is 20.0 Å². The fraction of sp³-hybridized carbons (Fsp3) is 0.286. The zero-order valence-electron chi connectivity index (χ0n) is 11.7. The number of aromatic nitrogens is 2. The molecule has 0 aliphatic heterocycles. The Kier molecular flexibility index (Phi) is 4.09. The highest BCUT2D eigenvalue weighted by atomic mass is 35.5. The summed E-state index contributed by atoms with van der Waals surface area (Å²) in [5.74, 6) is -1.16. The minimum absolute atomic E-state index is 0.0901. The van der Waals surface area contributed by atoms with Crippen LogP contribution in [0.3, 0.4) is 0 Å². The van der Waals surface area contributed by atoms with Crippen molar-refractivity contribution in [3.8, 4) is 0 Å². The Hall–Kier alpha value is -1.82. The number of alkyl halides is 3. The quantitative estimate of drug-likeness (QED) is 0.762. The van der Waals surface area contributed by atoms with Gasteiger partial charge in [0.25, 0.3) is 0 Å². The highest BCUT2D eigenvalue weighted by molar-refractivity contribution is 6.29. The molecule has 0 spiro atoms. The average Bonchev–Trinajstić information content (AvgIpc) is 2.35. The average molecular weight is 316 g/mol. The van der Waals surface area contributed by atoms with E-state index in [9.17, 15) is 13.2 Å². The number of aryl methyl sites for hydroxylation is 2. The first-order valence-corrected chi connectivity index (χ1v) is 6.48. The van der Waals surface area contributed by atoms with Crippen LogP contribution in [-0.4, -0.2) is 17.0 Å². The second-order valence-electron chi connectivity index (χ2n) is 4.78. The van der Waals surface area contributed by atoms with Crippen LogP contribution in [0.2, 0.25) is 5.15 Å². The summed E-state index contributed by atoms with van der Waals surface area (Å²) in [6, 6.07) is 6.99. The normalized spacial score (nSPS) is 11.6. The number of hydrogen-bond acceptors (Lipinski definition) is 3. The van der Waals surface area contributed by atoms with Gasteiger partial charge in [-0.05, 0) is 37.1 Å². The monoisotopic (exact) mass is 315 g/mol. The summed E-state index contributed by atoms with van der Waals surface area (Å²) in [5.41, 5.74) is 2.75. The molecule has 7 heteroatoms. The summed E-state index contributed by atoms with van der Waals surface area (Å²) in [4.78, 5) is 8.31. The van der Waals surface area contributed by atoms with Crippen molar-refractivity contribution in [3.05, 3.63) is 46.4 Å². The summed E-state index contributed by atoms with van der Waals surface area (Å²) >= 11 is 5.67. The second kappa shape index (κ2) is 5.52. The lowest BCUT2D eigenvalue weighted by Gasteiger charge is -2.20. The van der Waals surface area contributed by atoms with E-state index in [1.165, 1.54) is 6.07 Å². The molecule has 2 aromatic rings. The van der Waals surface area contributed by atoms with Gasteiger partial charge in [-0.15, -0.1) is 0 Å². The fourth-order valence-corrected chi connectivity index (χ4v) is 2.16. The third kappa shape index (κ3) is 3.64. The molecule has 1 aromatic heterocycles. The lowest BCUT2D eigenvalue weighted by Crippen LogP contribution is -2.17. The molecule has 0 unspecified atom stereocenters. The largest absolute Gasteiger partial charge is 0.451 e. The van der Waals surface area contributed by atoms with Gasteiger partial charge in [-0.2, -0.15) is 13.2 Å². The first kappa shape index (κ1) is 15.6. The SMILES string of the molecule is Cc1cc(C)cc(N(C)c2cc(Cl)nc(C(F)(F)F)n2)c1. The molecule has 3 nitrogen and oxygen atoms in total. The minimum atomic E-state index is -4.64. The van der Waals surface area contributed by atoms with Gasteiger partial charge in [0.15, 0.2) is 0 Å². The number of benzene rings is 1. The van der Waals surface area contributed by atoms with E-state index in [1.807, 2.05) is 32.0 Å². The molecular formula is C14H13ClF3N3. The van der Waals surface area contributed by atoms with Crippen molar-refractivity contribution in [1.82, 2.24) is 9.97 Å². The summed E-state index contributed by atoms with van der Waals surface area (Å²) in [6.07, 6.45) is -4.64. The molecule has 112 valence electrons. The van der Waals surface area contributed by atoms with Crippen LogP contribution < -0.4 is 4.90 Å². The summed E-state index contributed by atoms with van der Waals surface area (Å²) in [7, 11) is 1.63. The van der Waals surface area contributed by atoms with Crippen LogP contribution in [0.5, 0.6) is 0 Å². The fourth-order valence-electron chi connectivity index (χ4n) is 1.98. The van der Waals surface area contributed by atoms with Crippen molar-refractivity contribution < 1.29 is 13.2 Å². The lowest BCUT2D eigenvalue weighted by molar-refractivity contribution is -0.144. The maximum absolute atomic E-state index is 12.7. The minimum Gasteiger partial charge on any atom is -0.329 e. The van der Waals surface area contributed by atoms with Gasteiger partial charge in [-0.3, -0.25) is 0 Å². The van der Waals surface area contributed by atoms with Gasteiger partial charge in [0.1, 0.15) is 11.0 Å². The molecule has 1 heterocycles. The van der Waals surface area contributed by atoms with Gasteiger partial charge < -0.3 is 4.90 Å². The van der Waals surface area contributed by atoms with Gasteiger partial charge in [-0.25, -0.2) is 9.97 Å². The first-order chi connectivity index (χ1) is 9.66. The molecular weight excluding hydrogens is 303 g/mol. The van der Waals surface area contributed by atoms with Crippen LogP contribution in [0, 0.1) is 13.8 Å². The highest BCUT2D eigenvalue weighted by Gasteiger charge is 2.35. The molecule has 0 aliphatic rings. The molecule has 0 radical (unpaired) electrons.